The number of amides is 1. The number of imidazole rings is 1. The molecule has 1 amide bonds. The minimum atomic E-state index is -4.37. The van der Waals surface area contributed by atoms with Crippen molar-refractivity contribution in [2.75, 3.05) is 0 Å². The first-order valence-electron chi connectivity index (χ1n) is 7.80. The lowest BCUT2D eigenvalue weighted by molar-refractivity contribution is -0.137. The van der Waals surface area contributed by atoms with Crippen molar-refractivity contribution in [3.05, 3.63) is 59.9 Å². The monoisotopic (exact) mass is 347 g/mol. The minimum absolute atomic E-state index is 0.0897. The largest absolute Gasteiger partial charge is 0.416 e. The van der Waals surface area contributed by atoms with E-state index in [1.54, 1.807) is 17.5 Å². The average Bonchev–Trinajstić information content (AvgIpc) is 2.98. The number of fused-ring (bicyclic) bond motifs is 1. The number of benzene rings is 1. The van der Waals surface area contributed by atoms with Crippen LogP contribution < -0.4 is 5.32 Å². The molecule has 0 fully saturated rings. The molecule has 7 heteroatoms. The van der Waals surface area contributed by atoms with Crippen LogP contribution in [0.4, 0.5) is 13.2 Å². The quantitative estimate of drug-likeness (QED) is 0.774. The summed E-state index contributed by atoms with van der Waals surface area (Å²) >= 11 is 0. The second-order valence-corrected chi connectivity index (χ2v) is 5.54. The van der Waals surface area contributed by atoms with Crippen molar-refractivity contribution in [2.45, 2.75) is 26.1 Å². The highest BCUT2D eigenvalue weighted by molar-refractivity contribution is 5.76. The summed E-state index contributed by atoms with van der Waals surface area (Å²) in [6, 6.07) is 10.4. The third-order valence-corrected chi connectivity index (χ3v) is 3.87. The van der Waals surface area contributed by atoms with Crippen LogP contribution in [0.5, 0.6) is 0 Å². The molecule has 0 aliphatic rings. The van der Waals surface area contributed by atoms with Gasteiger partial charge in [-0.1, -0.05) is 25.1 Å². The molecule has 0 aliphatic carbocycles. The number of pyridine rings is 1. The fourth-order valence-electron chi connectivity index (χ4n) is 2.55. The maximum Gasteiger partial charge on any atom is 0.416 e. The fourth-order valence-corrected chi connectivity index (χ4v) is 2.55. The summed E-state index contributed by atoms with van der Waals surface area (Å²) in [7, 11) is 0. The number of halogens is 3. The van der Waals surface area contributed by atoms with Gasteiger partial charge in [-0.3, -0.25) is 9.20 Å². The summed E-state index contributed by atoms with van der Waals surface area (Å²) in [6.45, 7) is 2.02. The second-order valence-electron chi connectivity index (χ2n) is 5.54. The molecular formula is C18H16F3N3O. The summed E-state index contributed by atoms with van der Waals surface area (Å²) in [5, 5.41) is 2.77. The molecule has 0 saturated carbocycles. The molecule has 2 aromatic heterocycles. The van der Waals surface area contributed by atoms with E-state index in [2.05, 4.69) is 10.3 Å². The molecule has 2 heterocycles. The van der Waals surface area contributed by atoms with E-state index in [9.17, 15) is 18.0 Å². The topological polar surface area (TPSA) is 46.4 Å². The van der Waals surface area contributed by atoms with E-state index in [1.807, 2.05) is 18.2 Å². The number of hydrogen-bond acceptors (Lipinski definition) is 2. The zero-order valence-corrected chi connectivity index (χ0v) is 13.5. The van der Waals surface area contributed by atoms with Crippen LogP contribution in [0.25, 0.3) is 16.9 Å². The van der Waals surface area contributed by atoms with Crippen molar-refractivity contribution < 1.29 is 18.0 Å². The van der Waals surface area contributed by atoms with Crippen LogP contribution in [0, 0.1) is 0 Å². The molecule has 0 radical (unpaired) electrons. The van der Waals surface area contributed by atoms with Crippen molar-refractivity contribution in [3.63, 3.8) is 0 Å². The summed E-state index contributed by atoms with van der Waals surface area (Å²) in [4.78, 5) is 16.0. The lowest BCUT2D eigenvalue weighted by Crippen LogP contribution is -2.21. The summed E-state index contributed by atoms with van der Waals surface area (Å²) in [6.07, 6.45) is -2.21. The number of alkyl halides is 3. The van der Waals surface area contributed by atoms with Gasteiger partial charge < -0.3 is 5.32 Å². The number of carbonyl (C=O) groups is 1. The van der Waals surface area contributed by atoms with Crippen LogP contribution in [0.3, 0.4) is 0 Å². The van der Waals surface area contributed by atoms with Gasteiger partial charge in [-0.2, -0.15) is 13.2 Å². The smallest absolute Gasteiger partial charge is 0.350 e. The van der Waals surface area contributed by atoms with Gasteiger partial charge in [0, 0.05) is 18.2 Å². The number of rotatable bonds is 4. The molecule has 3 aromatic rings. The Balaban J connectivity index is 2.00. The van der Waals surface area contributed by atoms with Crippen LogP contribution in [-0.4, -0.2) is 15.3 Å². The number of hydrogen-bond donors (Lipinski definition) is 1. The first-order valence-corrected chi connectivity index (χ1v) is 7.80. The molecule has 0 bridgehead atoms. The van der Waals surface area contributed by atoms with Gasteiger partial charge in [-0.05, 0) is 24.3 Å². The Hall–Kier alpha value is -2.83. The van der Waals surface area contributed by atoms with Crippen LogP contribution >= 0.6 is 0 Å². The third kappa shape index (κ3) is 3.50. The Bertz CT molecular complexity index is 898. The van der Waals surface area contributed by atoms with Gasteiger partial charge in [0.05, 0.1) is 23.3 Å². The highest BCUT2D eigenvalue weighted by atomic mass is 19.4. The maximum absolute atomic E-state index is 12.7. The van der Waals surface area contributed by atoms with Gasteiger partial charge in [0.15, 0.2) is 0 Å². The average molecular weight is 347 g/mol. The first-order chi connectivity index (χ1) is 11.9. The lowest BCUT2D eigenvalue weighted by atomic mass is 10.1. The van der Waals surface area contributed by atoms with E-state index in [0.717, 1.165) is 17.6 Å². The van der Waals surface area contributed by atoms with E-state index in [0.29, 0.717) is 23.5 Å². The normalized spacial score (nSPS) is 11.7. The maximum atomic E-state index is 12.7. The van der Waals surface area contributed by atoms with Crippen molar-refractivity contribution in [3.8, 4) is 11.4 Å². The number of nitrogens with zero attached hydrogens (tertiary/aromatic N) is 2. The molecule has 0 aliphatic heterocycles. The number of carbonyl (C=O) groups excluding carboxylic acids is 1. The van der Waals surface area contributed by atoms with Crippen LogP contribution in [0.1, 0.15) is 24.6 Å². The Morgan fingerprint density at radius 3 is 2.52 bits per heavy atom. The summed E-state index contributed by atoms with van der Waals surface area (Å²) in [5.74, 6) is 0.443. The SMILES string of the molecule is CCC(=O)NCc1nc(-c2ccc(C(F)(F)F)cc2)n2ccccc12. The number of aromatic nitrogens is 2. The van der Waals surface area contributed by atoms with Gasteiger partial charge in [-0.25, -0.2) is 4.98 Å². The van der Waals surface area contributed by atoms with Crippen LogP contribution in [0.2, 0.25) is 0 Å². The van der Waals surface area contributed by atoms with Crippen LogP contribution in [-0.2, 0) is 17.5 Å². The number of nitrogens with one attached hydrogen (secondary N) is 1. The van der Waals surface area contributed by atoms with E-state index >= 15 is 0 Å². The Kier molecular flexibility index (Phi) is 4.48. The zero-order chi connectivity index (χ0) is 18.0. The van der Waals surface area contributed by atoms with Crippen LogP contribution in [0.15, 0.2) is 48.7 Å². The van der Waals surface area contributed by atoms with E-state index in [-0.39, 0.29) is 12.5 Å². The molecule has 0 spiro atoms. The summed E-state index contributed by atoms with van der Waals surface area (Å²) < 4.78 is 40.0. The van der Waals surface area contributed by atoms with Gasteiger partial charge in [-0.15, -0.1) is 0 Å². The highest BCUT2D eigenvalue weighted by Crippen LogP contribution is 2.31. The highest BCUT2D eigenvalue weighted by Gasteiger charge is 2.30. The molecule has 4 nitrogen and oxygen atoms in total. The zero-order valence-electron chi connectivity index (χ0n) is 13.5. The molecule has 3 rings (SSSR count). The van der Waals surface area contributed by atoms with Gasteiger partial charge in [0.2, 0.25) is 5.91 Å². The lowest BCUT2D eigenvalue weighted by Gasteiger charge is -2.07. The first kappa shape index (κ1) is 17.0. The Morgan fingerprint density at radius 2 is 1.88 bits per heavy atom. The van der Waals surface area contributed by atoms with Crippen molar-refractivity contribution in [2.24, 2.45) is 0 Å². The predicted molar refractivity (Wildman–Crippen MR) is 87.8 cm³/mol. The molecular weight excluding hydrogens is 331 g/mol. The molecule has 130 valence electrons. The Labute approximate surface area is 142 Å². The van der Waals surface area contributed by atoms with Crippen molar-refractivity contribution >= 4 is 11.4 Å². The van der Waals surface area contributed by atoms with Gasteiger partial charge in [0.1, 0.15) is 5.82 Å². The molecule has 0 atom stereocenters. The molecule has 0 unspecified atom stereocenters. The molecule has 1 aromatic carbocycles. The Morgan fingerprint density at radius 1 is 1.16 bits per heavy atom. The van der Waals surface area contributed by atoms with E-state index in [4.69, 9.17) is 0 Å². The second kappa shape index (κ2) is 6.58. The fraction of sp³-hybridized carbons (Fsp3) is 0.222. The van der Waals surface area contributed by atoms with Crippen molar-refractivity contribution in [1.29, 1.82) is 0 Å². The van der Waals surface area contributed by atoms with E-state index < -0.39 is 11.7 Å². The molecule has 0 saturated heterocycles. The van der Waals surface area contributed by atoms with Gasteiger partial charge in [0.25, 0.3) is 0 Å². The van der Waals surface area contributed by atoms with E-state index in [1.165, 1.54) is 12.1 Å². The molecule has 1 N–H and O–H groups in total. The third-order valence-electron chi connectivity index (χ3n) is 3.87. The predicted octanol–water partition coefficient (Wildman–Crippen LogP) is 4.05. The summed E-state index contributed by atoms with van der Waals surface area (Å²) in [5.41, 5.74) is 1.33. The minimum Gasteiger partial charge on any atom is -0.350 e. The van der Waals surface area contributed by atoms with Crippen molar-refractivity contribution in [1.82, 2.24) is 14.7 Å². The molecule has 25 heavy (non-hydrogen) atoms. The van der Waals surface area contributed by atoms with Gasteiger partial charge >= 0.3 is 6.18 Å². The standard InChI is InChI=1S/C18H16F3N3O/c1-2-16(25)22-11-14-15-5-3-4-10-24(15)17(23-14)12-6-8-13(9-7-12)18(19,20)21/h3-10H,2,11H2,1H3,(H,22,25).